The molecule has 1 aromatic heterocycles. The van der Waals surface area contributed by atoms with Crippen LogP contribution in [0.5, 0.6) is 0 Å². The smallest absolute Gasteiger partial charge is 0.340 e. The summed E-state index contributed by atoms with van der Waals surface area (Å²) >= 11 is 0. The molecule has 7 nitrogen and oxygen atoms in total. The first-order valence-corrected chi connectivity index (χ1v) is 7.74. The summed E-state index contributed by atoms with van der Waals surface area (Å²) in [5.41, 5.74) is -0.323. The van der Waals surface area contributed by atoms with Crippen LogP contribution in [0.15, 0.2) is 11.2 Å². The molecule has 3 N–H and O–H groups in total. The molecule has 2 bridgehead atoms. The lowest BCUT2D eigenvalue weighted by molar-refractivity contribution is 0.0692. The van der Waals surface area contributed by atoms with Gasteiger partial charge in [-0.2, -0.15) is 5.10 Å². The van der Waals surface area contributed by atoms with Gasteiger partial charge in [-0.05, 0) is 31.1 Å². The van der Waals surface area contributed by atoms with Crippen molar-refractivity contribution in [3.63, 3.8) is 0 Å². The van der Waals surface area contributed by atoms with E-state index in [-0.39, 0.29) is 16.6 Å². The summed E-state index contributed by atoms with van der Waals surface area (Å²) in [5.74, 6) is -0.309. The third-order valence-corrected chi connectivity index (χ3v) is 5.61. The standard InChI is InChI=1S/C11H15N3O4S/c15-11(16)8-5-12-13-10(8)19(17,18)14-9-4-6-1-2-7(9)3-6/h5-7,9,14H,1-4H2,(H,12,13)(H,15,16). The van der Waals surface area contributed by atoms with Crippen LogP contribution in [0.1, 0.15) is 36.0 Å². The first-order chi connectivity index (χ1) is 8.97. The normalized spacial score (nSPS) is 29.8. The molecule has 0 radical (unpaired) electrons. The molecular weight excluding hydrogens is 270 g/mol. The number of aromatic carboxylic acids is 1. The van der Waals surface area contributed by atoms with Gasteiger partial charge in [0.1, 0.15) is 5.56 Å². The van der Waals surface area contributed by atoms with Crippen molar-refractivity contribution in [1.82, 2.24) is 14.9 Å². The molecule has 1 heterocycles. The summed E-state index contributed by atoms with van der Waals surface area (Å²) in [6.45, 7) is 0. The lowest BCUT2D eigenvalue weighted by atomic mass is 9.96. The van der Waals surface area contributed by atoms with Crippen molar-refractivity contribution in [1.29, 1.82) is 0 Å². The Kier molecular flexibility index (Phi) is 2.86. The molecule has 2 fully saturated rings. The molecule has 104 valence electrons. The highest BCUT2D eigenvalue weighted by Crippen LogP contribution is 2.44. The second-order valence-corrected chi connectivity index (χ2v) is 6.97. The van der Waals surface area contributed by atoms with Crippen LogP contribution in [-0.4, -0.2) is 35.7 Å². The number of hydrogen-bond acceptors (Lipinski definition) is 4. The van der Waals surface area contributed by atoms with Crippen LogP contribution < -0.4 is 4.72 Å². The van der Waals surface area contributed by atoms with Crippen molar-refractivity contribution in [3.05, 3.63) is 11.8 Å². The number of carboxylic acid groups (broad SMARTS) is 1. The Morgan fingerprint density at radius 3 is 2.79 bits per heavy atom. The SMILES string of the molecule is O=C(O)c1cn[nH]c1S(=O)(=O)NC1CC2CCC1C2. The Bertz CT molecular complexity index is 609. The molecule has 3 unspecified atom stereocenters. The Morgan fingerprint density at radius 2 is 2.21 bits per heavy atom. The van der Waals surface area contributed by atoms with Gasteiger partial charge >= 0.3 is 5.97 Å². The maximum Gasteiger partial charge on any atom is 0.340 e. The van der Waals surface area contributed by atoms with Crippen LogP contribution in [0, 0.1) is 11.8 Å². The number of carboxylic acids is 1. The molecule has 2 saturated carbocycles. The fourth-order valence-corrected chi connectivity index (χ4v) is 4.69. The van der Waals surface area contributed by atoms with Gasteiger partial charge in [-0.3, -0.25) is 5.10 Å². The first kappa shape index (κ1) is 12.6. The van der Waals surface area contributed by atoms with E-state index in [2.05, 4.69) is 14.9 Å². The summed E-state index contributed by atoms with van der Waals surface area (Å²) in [6, 6.07) is -0.0753. The van der Waals surface area contributed by atoms with Crippen LogP contribution in [0.25, 0.3) is 0 Å². The highest BCUT2D eigenvalue weighted by atomic mass is 32.2. The molecule has 2 aliphatic rings. The first-order valence-electron chi connectivity index (χ1n) is 6.26. The summed E-state index contributed by atoms with van der Waals surface area (Å²) < 4.78 is 27.0. The average molecular weight is 285 g/mol. The summed E-state index contributed by atoms with van der Waals surface area (Å²) in [4.78, 5) is 10.9. The summed E-state index contributed by atoms with van der Waals surface area (Å²) in [7, 11) is -3.85. The number of hydrogen-bond donors (Lipinski definition) is 3. The van der Waals surface area contributed by atoms with Crippen molar-refractivity contribution < 1.29 is 18.3 Å². The van der Waals surface area contributed by atoms with E-state index in [1.807, 2.05) is 0 Å². The van der Waals surface area contributed by atoms with Crippen molar-refractivity contribution in [2.24, 2.45) is 11.8 Å². The monoisotopic (exact) mass is 285 g/mol. The number of fused-ring (bicyclic) bond motifs is 2. The van der Waals surface area contributed by atoms with Crippen LogP contribution in [0.4, 0.5) is 0 Å². The average Bonchev–Trinajstić information content (AvgIpc) is 3.04. The van der Waals surface area contributed by atoms with Gasteiger partial charge in [0.15, 0.2) is 5.03 Å². The largest absolute Gasteiger partial charge is 0.478 e. The predicted octanol–water partition coefficient (Wildman–Crippen LogP) is 0.575. The number of rotatable bonds is 4. The minimum Gasteiger partial charge on any atom is -0.478 e. The van der Waals surface area contributed by atoms with Gasteiger partial charge in [-0.25, -0.2) is 17.9 Å². The number of nitrogens with one attached hydrogen (secondary N) is 2. The number of nitrogens with zero attached hydrogens (tertiary/aromatic N) is 1. The lowest BCUT2D eigenvalue weighted by Gasteiger charge is -2.22. The highest BCUT2D eigenvalue weighted by molar-refractivity contribution is 7.89. The van der Waals surface area contributed by atoms with Crippen molar-refractivity contribution in [3.8, 4) is 0 Å². The molecule has 0 aliphatic heterocycles. The van der Waals surface area contributed by atoms with E-state index in [0.717, 1.165) is 25.5 Å². The molecule has 8 heteroatoms. The molecule has 0 aromatic carbocycles. The second-order valence-electron chi connectivity index (χ2n) is 5.32. The Hall–Kier alpha value is -1.41. The molecule has 2 aliphatic carbocycles. The van der Waals surface area contributed by atoms with Crippen LogP contribution >= 0.6 is 0 Å². The third-order valence-electron chi connectivity index (χ3n) is 4.15. The van der Waals surface area contributed by atoms with E-state index in [1.165, 1.54) is 6.42 Å². The maximum atomic E-state index is 12.2. The van der Waals surface area contributed by atoms with Crippen molar-refractivity contribution in [2.45, 2.75) is 36.8 Å². The fourth-order valence-electron chi connectivity index (χ4n) is 3.28. The maximum absolute atomic E-state index is 12.2. The van der Waals surface area contributed by atoms with E-state index in [9.17, 15) is 13.2 Å². The summed E-state index contributed by atoms with van der Waals surface area (Å²) in [5, 5.41) is 14.3. The van der Waals surface area contributed by atoms with E-state index < -0.39 is 16.0 Å². The number of aromatic nitrogens is 2. The minimum atomic E-state index is -3.85. The molecule has 1 aromatic rings. The molecular formula is C11H15N3O4S. The van der Waals surface area contributed by atoms with E-state index in [0.29, 0.717) is 11.8 Å². The Balaban J connectivity index is 1.83. The third kappa shape index (κ3) is 2.14. The summed E-state index contributed by atoms with van der Waals surface area (Å²) in [6.07, 6.45) is 5.15. The second kappa shape index (κ2) is 4.31. The number of H-pyrrole nitrogens is 1. The molecule has 3 rings (SSSR count). The van der Waals surface area contributed by atoms with Gasteiger partial charge in [0.2, 0.25) is 0 Å². The van der Waals surface area contributed by atoms with E-state index in [4.69, 9.17) is 5.11 Å². The number of carbonyl (C=O) groups is 1. The quantitative estimate of drug-likeness (QED) is 0.749. The van der Waals surface area contributed by atoms with Crippen LogP contribution in [-0.2, 0) is 10.0 Å². The van der Waals surface area contributed by atoms with E-state index >= 15 is 0 Å². The zero-order chi connectivity index (χ0) is 13.6. The topological polar surface area (TPSA) is 112 Å². The molecule has 3 atom stereocenters. The van der Waals surface area contributed by atoms with Crippen molar-refractivity contribution >= 4 is 16.0 Å². The van der Waals surface area contributed by atoms with Gasteiger partial charge in [-0.15, -0.1) is 0 Å². The van der Waals surface area contributed by atoms with Gasteiger partial charge in [-0.1, -0.05) is 6.42 Å². The number of sulfonamides is 1. The van der Waals surface area contributed by atoms with Gasteiger partial charge in [0.25, 0.3) is 10.0 Å². The van der Waals surface area contributed by atoms with E-state index in [1.54, 1.807) is 0 Å². The Labute approximate surface area is 110 Å². The van der Waals surface area contributed by atoms with Crippen molar-refractivity contribution in [2.75, 3.05) is 0 Å². The predicted molar refractivity (Wildman–Crippen MR) is 65.1 cm³/mol. The van der Waals surface area contributed by atoms with Gasteiger partial charge in [0.05, 0.1) is 6.20 Å². The molecule has 0 saturated heterocycles. The Morgan fingerprint density at radius 1 is 1.42 bits per heavy atom. The number of aromatic amines is 1. The lowest BCUT2D eigenvalue weighted by Crippen LogP contribution is -2.39. The van der Waals surface area contributed by atoms with Gasteiger partial charge in [0, 0.05) is 6.04 Å². The minimum absolute atomic E-state index is 0.0753. The fraction of sp³-hybridized carbons (Fsp3) is 0.636. The highest BCUT2D eigenvalue weighted by Gasteiger charge is 2.42. The molecule has 0 spiro atoms. The van der Waals surface area contributed by atoms with Gasteiger partial charge < -0.3 is 5.11 Å². The van der Waals surface area contributed by atoms with Crippen LogP contribution in [0.2, 0.25) is 0 Å². The zero-order valence-electron chi connectivity index (χ0n) is 10.2. The molecule has 0 amide bonds. The zero-order valence-corrected chi connectivity index (χ0v) is 11.0. The van der Waals surface area contributed by atoms with Crippen LogP contribution in [0.3, 0.4) is 0 Å². The molecule has 19 heavy (non-hydrogen) atoms.